The SMILES string of the molecule is C#CC1(NS(=O)(=O)c2cc(Cl)ccc2Cl)CCCCC1. The molecule has 1 N–H and O–H groups in total. The van der Waals surface area contributed by atoms with Crippen molar-refractivity contribution in [2.24, 2.45) is 0 Å². The van der Waals surface area contributed by atoms with Crippen molar-refractivity contribution in [1.29, 1.82) is 0 Å². The molecule has 0 aliphatic heterocycles. The summed E-state index contributed by atoms with van der Waals surface area (Å²) in [5.41, 5.74) is -0.817. The first-order valence-electron chi connectivity index (χ1n) is 6.35. The lowest BCUT2D eigenvalue weighted by molar-refractivity contribution is 0.341. The monoisotopic (exact) mass is 331 g/mol. The fourth-order valence-corrected chi connectivity index (χ4v) is 4.58. The number of halogens is 2. The highest BCUT2D eigenvalue weighted by atomic mass is 35.5. The third kappa shape index (κ3) is 3.29. The standard InChI is InChI=1S/C14H15Cl2NO2S/c1-2-14(8-4-3-5-9-14)17-20(18,19)13-10-11(15)6-7-12(13)16/h1,6-7,10,17H,3-5,8-9H2. The Hall–Kier alpha value is -0.730. The first-order chi connectivity index (χ1) is 9.38. The molecule has 3 nitrogen and oxygen atoms in total. The summed E-state index contributed by atoms with van der Waals surface area (Å²) in [4.78, 5) is -0.0353. The van der Waals surface area contributed by atoms with Gasteiger partial charge in [0.1, 0.15) is 4.90 Å². The fraction of sp³-hybridized carbons (Fsp3) is 0.429. The Balaban J connectivity index is 2.36. The van der Waals surface area contributed by atoms with Crippen LogP contribution in [0.1, 0.15) is 32.1 Å². The number of nitrogens with one attached hydrogen (secondary N) is 1. The highest BCUT2D eigenvalue weighted by Gasteiger charge is 2.35. The molecule has 1 aliphatic rings. The molecule has 1 aromatic rings. The van der Waals surface area contributed by atoms with Gasteiger partial charge in [0.25, 0.3) is 0 Å². The van der Waals surface area contributed by atoms with Crippen molar-refractivity contribution in [3.8, 4) is 12.3 Å². The molecule has 108 valence electrons. The Morgan fingerprint density at radius 2 is 1.85 bits per heavy atom. The molecule has 0 atom stereocenters. The second-order valence-electron chi connectivity index (χ2n) is 4.97. The minimum absolute atomic E-state index is 0.0353. The Morgan fingerprint density at radius 1 is 1.20 bits per heavy atom. The Bertz CT molecular complexity index is 644. The first-order valence-corrected chi connectivity index (χ1v) is 8.59. The number of terminal acetylenes is 1. The molecule has 6 heteroatoms. The van der Waals surface area contributed by atoms with Crippen LogP contribution in [0, 0.1) is 12.3 Å². The summed E-state index contributed by atoms with van der Waals surface area (Å²) >= 11 is 11.8. The van der Waals surface area contributed by atoms with E-state index in [1.54, 1.807) is 6.07 Å². The number of hydrogen-bond acceptors (Lipinski definition) is 2. The van der Waals surface area contributed by atoms with Crippen molar-refractivity contribution in [2.75, 3.05) is 0 Å². The maximum atomic E-state index is 12.5. The van der Waals surface area contributed by atoms with Crippen LogP contribution in [0.15, 0.2) is 23.1 Å². The maximum absolute atomic E-state index is 12.5. The van der Waals surface area contributed by atoms with Gasteiger partial charge in [0, 0.05) is 5.02 Å². The van der Waals surface area contributed by atoms with E-state index in [4.69, 9.17) is 29.6 Å². The van der Waals surface area contributed by atoms with E-state index in [1.165, 1.54) is 12.1 Å². The molecule has 20 heavy (non-hydrogen) atoms. The van der Waals surface area contributed by atoms with Gasteiger partial charge in [0.2, 0.25) is 10.0 Å². The van der Waals surface area contributed by atoms with Crippen molar-refractivity contribution in [1.82, 2.24) is 4.72 Å². The molecule has 1 aliphatic carbocycles. The zero-order chi connectivity index (χ0) is 14.8. The lowest BCUT2D eigenvalue weighted by Crippen LogP contribution is -2.48. The Kier molecular flexibility index (Phi) is 4.66. The van der Waals surface area contributed by atoms with Gasteiger partial charge in [0.05, 0.1) is 10.6 Å². The summed E-state index contributed by atoms with van der Waals surface area (Å²) in [6.45, 7) is 0. The van der Waals surface area contributed by atoms with Crippen LogP contribution < -0.4 is 4.72 Å². The molecule has 0 amide bonds. The molecule has 0 unspecified atom stereocenters. The summed E-state index contributed by atoms with van der Waals surface area (Å²) < 4.78 is 27.6. The average Bonchev–Trinajstić information content (AvgIpc) is 2.42. The van der Waals surface area contributed by atoms with Crippen molar-refractivity contribution in [2.45, 2.75) is 42.5 Å². The summed E-state index contributed by atoms with van der Waals surface area (Å²) in [6, 6.07) is 4.33. The lowest BCUT2D eigenvalue weighted by Gasteiger charge is -2.33. The maximum Gasteiger partial charge on any atom is 0.243 e. The number of rotatable bonds is 3. The van der Waals surface area contributed by atoms with Crippen molar-refractivity contribution < 1.29 is 8.42 Å². The molecule has 1 fully saturated rings. The van der Waals surface area contributed by atoms with E-state index in [2.05, 4.69) is 10.6 Å². The summed E-state index contributed by atoms with van der Waals surface area (Å²) in [7, 11) is -3.79. The summed E-state index contributed by atoms with van der Waals surface area (Å²) in [5, 5.41) is 0.443. The van der Waals surface area contributed by atoms with Crippen LogP contribution in [0.5, 0.6) is 0 Å². The molecule has 1 saturated carbocycles. The van der Waals surface area contributed by atoms with Gasteiger partial charge in [-0.15, -0.1) is 6.42 Å². The summed E-state index contributed by atoms with van der Waals surface area (Å²) in [5.74, 6) is 2.61. The van der Waals surface area contributed by atoms with Crippen molar-refractivity contribution >= 4 is 33.2 Å². The van der Waals surface area contributed by atoms with Gasteiger partial charge < -0.3 is 0 Å². The van der Waals surface area contributed by atoms with Crippen LogP contribution in [0.3, 0.4) is 0 Å². The minimum atomic E-state index is -3.79. The quantitative estimate of drug-likeness (QED) is 0.860. The number of hydrogen-bond donors (Lipinski definition) is 1. The van der Waals surface area contributed by atoms with Crippen LogP contribution >= 0.6 is 23.2 Å². The van der Waals surface area contributed by atoms with Crippen LogP contribution in [-0.4, -0.2) is 14.0 Å². The molecule has 0 spiro atoms. The van der Waals surface area contributed by atoms with E-state index in [-0.39, 0.29) is 9.92 Å². The molecule has 0 aromatic heterocycles. The topological polar surface area (TPSA) is 46.2 Å². The highest BCUT2D eigenvalue weighted by Crippen LogP contribution is 2.31. The molecule has 0 heterocycles. The van der Waals surface area contributed by atoms with Crippen LogP contribution in [-0.2, 0) is 10.0 Å². The predicted molar refractivity (Wildman–Crippen MR) is 81.4 cm³/mol. The van der Waals surface area contributed by atoms with Gasteiger partial charge >= 0.3 is 0 Å². The molecule has 0 saturated heterocycles. The van der Waals surface area contributed by atoms with E-state index in [0.717, 1.165) is 19.3 Å². The van der Waals surface area contributed by atoms with E-state index in [1.807, 2.05) is 0 Å². The first kappa shape index (κ1) is 15.7. The zero-order valence-corrected chi connectivity index (χ0v) is 13.2. The molecular weight excluding hydrogens is 317 g/mol. The Morgan fingerprint density at radius 3 is 2.45 bits per heavy atom. The van der Waals surface area contributed by atoms with Gasteiger partial charge in [-0.2, -0.15) is 4.72 Å². The molecule has 2 rings (SSSR count). The lowest BCUT2D eigenvalue weighted by atomic mass is 9.83. The van der Waals surface area contributed by atoms with Gasteiger partial charge in [0.15, 0.2) is 0 Å². The average molecular weight is 332 g/mol. The summed E-state index contributed by atoms with van der Waals surface area (Å²) in [6.07, 6.45) is 9.73. The highest BCUT2D eigenvalue weighted by molar-refractivity contribution is 7.89. The van der Waals surface area contributed by atoms with E-state index in [9.17, 15) is 8.42 Å². The number of benzene rings is 1. The van der Waals surface area contributed by atoms with Crippen molar-refractivity contribution in [3.05, 3.63) is 28.2 Å². The number of sulfonamides is 1. The van der Waals surface area contributed by atoms with Gasteiger partial charge in [-0.1, -0.05) is 48.4 Å². The van der Waals surface area contributed by atoms with Crippen LogP contribution in [0.4, 0.5) is 0 Å². The molecular formula is C14H15Cl2NO2S. The Labute approximate surface area is 129 Å². The molecule has 0 bridgehead atoms. The minimum Gasteiger partial charge on any atom is -0.207 e. The smallest absolute Gasteiger partial charge is 0.207 e. The van der Waals surface area contributed by atoms with Gasteiger partial charge in [-0.25, -0.2) is 8.42 Å². The predicted octanol–water partition coefficient (Wildman–Crippen LogP) is 3.61. The normalized spacial score (nSPS) is 18.4. The van der Waals surface area contributed by atoms with Crippen LogP contribution in [0.25, 0.3) is 0 Å². The van der Waals surface area contributed by atoms with Gasteiger partial charge in [-0.3, -0.25) is 0 Å². The van der Waals surface area contributed by atoms with E-state index in [0.29, 0.717) is 17.9 Å². The van der Waals surface area contributed by atoms with E-state index >= 15 is 0 Å². The molecule has 0 radical (unpaired) electrons. The third-order valence-corrected chi connectivity index (χ3v) is 5.75. The second kappa shape index (κ2) is 5.95. The largest absolute Gasteiger partial charge is 0.243 e. The van der Waals surface area contributed by atoms with Crippen LogP contribution in [0.2, 0.25) is 10.0 Å². The zero-order valence-electron chi connectivity index (χ0n) is 10.8. The second-order valence-corrected chi connectivity index (χ2v) is 7.46. The van der Waals surface area contributed by atoms with Gasteiger partial charge in [-0.05, 0) is 31.0 Å². The molecule has 1 aromatic carbocycles. The van der Waals surface area contributed by atoms with Crippen molar-refractivity contribution in [3.63, 3.8) is 0 Å². The van der Waals surface area contributed by atoms with E-state index < -0.39 is 15.6 Å². The third-order valence-electron chi connectivity index (χ3n) is 3.50. The fourth-order valence-electron chi connectivity index (χ4n) is 2.43.